The van der Waals surface area contributed by atoms with Crippen molar-refractivity contribution in [2.45, 2.75) is 39.2 Å². The van der Waals surface area contributed by atoms with Gasteiger partial charge in [-0.3, -0.25) is 4.79 Å². The quantitative estimate of drug-likeness (QED) is 0.592. The summed E-state index contributed by atoms with van der Waals surface area (Å²) in [5, 5.41) is 6.79. The van der Waals surface area contributed by atoms with Gasteiger partial charge in [-0.1, -0.05) is 13.0 Å². The molecule has 0 bridgehead atoms. The number of nitrogens with one attached hydrogen (secondary N) is 2. The van der Waals surface area contributed by atoms with Gasteiger partial charge >= 0.3 is 0 Å². The van der Waals surface area contributed by atoms with Crippen LogP contribution in [0.15, 0.2) is 23.3 Å². The van der Waals surface area contributed by atoms with Gasteiger partial charge in [-0.2, -0.15) is 0 Å². The zero-order valence-electron chi connectivity index (χ0n) is 16.5. The first kappa shape index (κ1) is 20.0. The molecule has 0 aliphatic carbocycles. The molecule has 1 aliphatic heterocycles. The largest absolute Gasteiger partial charge is 0.356 e. The van der Waals surface area contributed by atoms with E-state index in [-0.39, 0.29) is 12.5 Å². The number of aromatic nitrogens is 1. The summed E-state index contributed by atoms with van der Waals surface area (Å²) < 4.78 is 0. The van der Waals surface area contributed by atoms with E-state index in [1.807, 2.05) is 6.20 Å². The smallest absolute Gasteiger partial charge is 0.243 e. The number of amides is 1. The van der Waals surface area contributed by atoms with Crippen LogP contribution in [-0.2, 0) is 4.79 Å². The number of nitrogens with zero attached hydrogens (tertiary/aromatic N) is 4. The van der Waals surface area contributed by atoms with Crippen LogP contribution in [0.1, 0.15) is 31.7 Å². The first-order chi connectivity index (χ1) is 12.5. The third-order valence-electron chi connectivity index (χ3n) is 4.47. The minimum absolute atomic E-state index is 0.00265. The van der Waals surface area contributed by atoms with Gasteiger partial charge in [0.15, 0.2) is 5.96 Å². The highest BCUT2D eigenvalue weighted by molar-refractivity contribution is 5.84. The van der Waals surface area contributed by atoms with Gasteiger partial charge < -0.3 is 20.4 Å². The van der Waals surface area contributed by atoms with Crippen LogP contribution in [0.3, 0.4) is 0 Å². The number of guanidine groups is 1. The van der Waals surface area contributed by atoms with Gasteiger partial charge in [0.1, 0.15) is 12.4 Å². The maximum atomic E-state index is 11.8. The van der Waals surface area contributed by atoms with E-state index in [9.17, 15) is 4.79 Å². The van der Waals surface area contributed by atoms with Gasteiger partial charge in [0.2, 0.25) is 5.91 Å². The Morgan fingerprint density at radius 3 is 2.65 bits per heavy atom. The molecule has 0 saturated carbocycles. The van der Waals surface area contributed by atoms with Crippen LogP contribution in [-0.4, -0.2) is 68.1 Å². The van der Waals surface area contributed by atoms with Gasteiger partial charge in [-0.05, 0) is 37.8 Å². The SMILES string of the molecule is CCCNC(=NCC(=O)N(C)C)NC1CCN(c2ccc(C)cn2)CC1. The lowest BCUT2D eigenvalue weighted by Crippen LogP contribution is -2.49. The summed E-state index contributed by atoms with van der Waals surface area (Å²) in [7, 11) is 3.50. The molecule has 144 valence electrons. The van der Waals surface area contributed by atoms with Crippen LogP contribution in [0, 0.1) is 6.92 Å². The van der Waals surface area contributed by atoms with Crippen molar-refractivity contribution < 1.29 is 4.79 Å². The Balaban J connectivity index is 1.88. The predicted molar refractivity (Wildman–Crippen MR) is 107 cm³/mol. The number of carbonyl (C=O) groups is 1. The maximum Gasteiger partial charge on any atom is 0.243 e. The number of likely N-dealkylation sites (N-methyl/N-ethyl adjacent to an activating group) is 1. The second-order valence-corrected chi connectivity index (χ2v) is 6.98. The molecule has 7 heteroatoms. The lowest BCUT2D eigenvalue weighted by molar-refractivity contribution is -0.127. The lowest BCUT2D eigenvalue weighted by Gasteiger charge is -2.34. The average Bonchev–Trinajstić information content (AvgIpc) is 2.64. The third-order valence-corrected chi connectivity index (χ3v) is 4.47. The van der Waals surface area contributed by atoms with Gasteiger partial charge in [-0.15, -0.1) is 0 Å². The van der Waals surface area contributed by atoms with Gasteiger partial charge in [-0.25, -0.2) is 9.98 Å². The molecule has 0 spiro atoms. The Kier molecular flexibility index (Phi) is 7.69. The summed E-state index contributed by atoms with van der Waals surface area (Å²) in [5.41, 5.74) is 1.18. The summed E-state index contributed by atoms with van der Waals surface area (Å²) in [6.07, 6.45) is 4.97. The summed E-state index contributed by atoms with van der Waals surface area (Å²) in [4.78, 5) is 24.6. The van der Waals surface area contributed by atoms with Crippen LogP contribution in [0.25, 0.3) is 0 Å². The molecule has 1 aliphatic rings. The topological polar surface area (TPSA) is 72.9 Å². The molecule has 26 heavy (non-hydrogen) atoms. The van der Waals surface area contributed by atoms with Crippen LogP contribution in [0.2, 0.25) is 0 Å². The standard InChI is InChI=1S/C19H32N6O/c1-5-10-20-19(22-14-18(26)24(3)4)23-16-8-11-25(12-9-16)17-7-6-15(2)13-21-17/h6-7,13,16H,5,8-12,14H2,1-4H3,(H2,20,22,23). The minimum Gasteiger partial charge on any atom is -0.356 e. The van der Waals surface area contributed by atoms with E-state index in [2.05, 4.69) is 51.5 Å². The normalized spacial score (nSPS) is 15.7. The molecule has 0 unspecified atom stereocenters. The van der Waals surface area contributed by atoms with Crippen molar-refractivity contribution in [3.05, 3.63) is 23.9 Å². The highest BCUT2D eigenvalue weighted by Crippen LogP contribution is 2.17. The molecule has 1 amide bonds. The number of anilines is 1. The summed E-state index contributed by atoms with van der Waals surface area (Å²) in [6, 6.07) is 4.55. The van der Waals surface area contributed by atoms with E-state index in [4.69, 9.17) is 0 Å². The van der Waals surface area contributed by atoms with E-state index in [0.717, 1.165) is 50.7 Å². The molecule has 0 atom stereocenters. The molecule has 7 nitrogen and oxygen atoms in total. The predicted octanol–water partition coefficient (Wildman–Crippen LogP) is 1.39. The Hall–Kier alpha value is -2.31. The second-order valence-electron chi connectivity index (χ2n) is 6.98. The Morgan fingerprint density at radius 2 is 2.08 bits per heavy atom. The van der Waals surface area contributed by atoms with Gasteiger partial charge in [0.05, 0.1) is 0 Å². The van der Waals surface area contributed by atoms with Crippen molar-refractivity contribution in [1.82, 2.24) is 20.5 Å². The molecular weight excluding hydrogens is 328 g/mol. The molecule has 2 heterocycles. The van der Waals surface area contributed by atoms with Crippen LogP contribution < -0.4 is 15.5 Å². The summed E-state index contributed by atoms with van der Waals surface area (Å²) in [5.74, 6) is 1.78. The molecule has 1 fully saturated rings. The average molecular weight is 361 g/mol. The fourth-order valence-corrected chi connectivity index (χ4v) is 2.78. The molecule has 0 aromatic carbocycles. The van der Waals surface area contributed by atoms with Crippen molar-refractivity contribution in [2.75, 3.05) is 45.2 Å². The summed E-state index contributed by atoms with van der Waals surface area (Å²) in [6.45, 7) is 7.10. The van der Waals surface area contributed by atoms with E-state index in [0.29, 0.717) is 6.04 Å². The summed E-state index contributed by atoms with van der Waals surface area (Å²) >= 11 is 0. The van der Waals surface area contributed by atoms with Crippen LogP contribution >= 0.6 is 0 Å². The Labute approximate surface area is 156 Å². The molecule has 2 rings (SSSR count). The number of hydrogen-bond donors (Lipinski definition) is 2. The van der Waals surface area contributed by atoms with Crippen LogP contribution in [0.5, 0.6) is 0 Å². The van der Waals surface area contributed by atoms with Gasteiger partial charge in [0, 0.05) is 46.0 Å². The van der Waals surface area contributed by atoms with Gasteiger partial charge in [0.25, 0.3) is 0 Å². The number of carbonyl (C=O) groups excluding carboxylic acids is 1. The van der Waals surface area contributed by atoms with E-state index >= 15 is 0 Å². The first-order valence-electron chi connectivity index (χ1n) is 9.42. The lowest BCUT2D eigenvalue weighted by atomic mass is 10.1. The maximum absolute atomic E-state index is 11.8. The monoisotopic (exact) mass is 360 g/mol. The first-order valence-corrected chi connectivity index (χ1v) is 9.42. The number of pyridine rings is 1. The van der Waals surface area contributed by atoms with E-state index in [1.54, 1.807) is 19.0 Å². The fraction of sp³-hybridized carbons (Fsp3) is 0.632. The van der Waals surface area contributed by atoms with Crippen molar-refractivity contribution in [1.29, 1.82) is 0 Å². The van der Waals surface area contributed by atoms with Crippen molar-refractivity contribution in [3.8, 4) is 0 Å². The third kappa shape index (κ3) is 6.20. The highest BCUT2D eigenvalue weighted by Gasteiger charge is 2.21. The molecule has 0 radical (unpaired) electrons. The number of piperidine rings is 1. The number of aryl methyl sites for hydroxylation is 1. The Morgan fingerprint density at radius 1 is 1.35 bits per heavy atom. The molecule has 1 aromatic rings. The molecule has 1 saturated heterocycles. The number of hydrogen-bond acceptors (Lipinski definition) is 4. The van der Waals surface area contributed by atoms with Crippen molar-refractivity contribution in [2.24, 2.45) is 4.99 Å². The second kappa shape index (κ2) is 9.99. The minimum atomic E-state index is 0.00265. The van der Waals surface area contributed by atoms with Crippen molar-refractivity contribution >= 4 is 17.7 Å². The molecular formula is C19H32N6O. The molecule has 1 aromatic heterocycles. The Bertz CT molecular complexity index is 591. The zero-order chi connectivity index (χ0) is 18.9. The van der Waals surface area contributed by atoms with Crippen molar-refractivity contribution in [3.63, 3.8) is 0 Å². The van der Waals surface area contributed by atoms with Crippen LogP contribution in [0.4, 0.5) is 5.82 Å². The molecule has 2 N–H and O–H groups in total. The van der Waals surface area contributed by atoms with E-state index < -0.39 is 0 Å². The fourth-order valence-electron chi connectivity index (χ4n) is 2.78. The van der Waals surface area contributed by atoms with E-state index in [1.165, 1.54) is 5.56 Å². The zero-order valence-corrected chi connectivity index (χ0v) is 16.5. The number of rotatable bonds is 6. The highest BCUT2D eigenvalue weighted by atomic mass is 16.2. The number of aliphatic imine (C=N–C) groups is 1.